The zero-order chi connectivity index (χ0) is 29.4. The normalized spacial score (nSPS) is 12.5. The number of nitrogens with two attached hydrogens (primary N) is 1. The van der Waals surface area contributed by atoms with Crippen molar-refractivity contribution in [2.45, 2.75) is 174 Å². The molecule has 250 valence electrons. The number of likely N-dealkylation sites (N-methyl/N-ethyl adjacent to an activating group) is 1. The van der Waals surface area contributed by atoms with Gasteiger partial charge in [0.25, 0.3) is 0 Å². The molecule has 0 aliphatic heterocycles. The van der Waals surface area contributed by atoms with Gasteiger partial charge in [0.2, 0.25) is 0 Å². The number of rotatable bonds is 34. The maximum atomic E-state index is 6.31. The van der Waals surface area contributed by atoms with E-state index < -0.39 is 0 Å². The molecule has 0 radical (unpaired) electrons. The van der Waals surface area contributed by atoms with E-state index in [-0.39, 0.29) is 23.1 Å². The Morgan fingerprint density at radius 1 is 0.512 bits per heavy atom. The van der Waals surface area contributed by atoms with Crippen LogP contribution in [0.15, 0.2) is 0 Å². The molecule has 2 N–H and O–H groups in total. The van der Waals surface area contributed by atoms with Gasteiger partial charge in [-0.2, -0.15) is 4.65 Å². The zero-order valence-corrected chi connectivity index (χ0v) is 30.0. The highest BCUT2D eigenvalue weighted by atomic mass is 79.9. The van der Waals surface area contributed by atoms with E-state index in [0.717, 1.165) is 32.6 Å². The minimum Gasteiger partial charge on any atom is -1.00 e. The molecule has 6 heteroatoms. The number of quaternary nitrogens is 1. The van der Waals surface area contributed by atoms with Crippen molar-refractivity contribution >= 4 is 0 Å². The summed E-state index contributed by atoms with van der Waals surface area (Å²) in [7, 11) is 4.17. The van der Waals surface area contributed by atoms with Crippen LogP contribution in [-0.2, 0) is 14.3 Å². The summed E-state index contributed by atoms with van der Waals surface area (Å²) in [5.41, 5.74) is 5.66. The summed E-state index contributed by atoms with van der Waals surface area (Å²) < 4.78 is 12.9. The number of nitrogens with zero attached hydrogens (tertiary/aromatic N) is 1. The molecule has 0 aliphatic rings. The molecule has 0 aliphatic carbocycles. The minimum absolute atomic E-state index is 0. The molecular weight excluding hydrogens is 576 g/mol. The third-order valence-electron chi connectivity index (χ3n) is 8.00. The van der Waals surface area contributed by atoms with Gasteiger partial charge < -0.3 is 32.2 Å². The molecule has 0 rings (SSSR count). The number of unbranched alkanes of at least 4 members (excludes halogenated alkanes) is 22. The third kappa shape index (κ3) is 34.6. The first-order valence-electron chi connectivity index (χ1n) is 17.9. The topological polar surface area (TPSA) is 53.7 Å². The van der Waals surface area contributed by atoms with Crippen LogP contribution in [0.25, 0.3) is 0 Å². The Balaban J connectivity index is 0. The van der Waals surface area contributed by atoms with Crippen molar-refractivity contribution in [3.8, 4) is 0 Å². The van der Waals surface area contributed by atoms with Gasteiger partial charge in [-0.25, -0.2) is 4.84 Å². The van der Waals surface area contributed by atoms with Gasteiger partial charge in [0.15, 0.2) is 0 Å². The second-order valence-electron chi connectivity index (χ2n) is 12.7. The van der Waals surface area contributed by atoms with Gasteiger partial charge in [-0.3, -0.25) is 0 Å². The van der Waals surface area contributed by atoms with Gasteiger partial charge in [0.1, 0.15) is 19.3 Å². The van der Waals surface area contributed by atoms with Crippen molar-refractivity contribution in [1.82, 2.24) is 0 Å². The van der Waals surface area contributed by atoms with Crippen LogP contribution in [0, 0.1) is 0 Å². The fourth-order valence-corrected chi connectivity index (χ4v) is 5.45. The Hall–Kier alpha value is 0.280. The fourth-order valence-electron chi connectivity index (χ4n) is 5.45. The maximum absolute atomic E-state index is 6.31. The summed E-state index contributed by atoms with van der Waals surface area (Å²) >= 11 is 0. The summed E-state index contributed by atoms with van der Waals surface area (Å²) in [6.07, 6.45) is 32.9. The van der Waals surface area contributed by atoms with Crippen molar-refractivity contribution in [2.75, 3.05) is 53.6 Å². The van der Waals surface area contributed by atoms with Gasteiger partial charge >= 0.3 is 0 Å². The van der Waals surface area contributed by atoms with E-state index >= 15 is 0 Å². The molecule has 0 saturated carbocycles. The predicted molar refractivity (Wildman–Crippen MR) is 175 cm³/mol. The second-order valence-corrected chi connectivity index (χ2v) is 12.7. The second kappa shape index (κ2) is 34.8. The smallest absolute Gasteiger partial charge is 0.137 e. The molecule has 41 heavy (non-hydrogen) atoms. The van der Waals surface area contributed by atoms with Crippen LogP contribution >= 0.6 is 0 Å². The van der Waals surface area contributed by atoms with Crippen molar-refractivity contribution in [1.29, 1.82) is 0 Å². The van der Waals surface area contributed by atoms with Gasteiger partial charge in [-0.05, 0) is 12.8 Å². The largest absolute Gasteiger partial charge is 1.00 e. The first-order chi connectivity index (χ1) is 19.6. The lowest BCUT2D eigenvalue weighted by Gasteiger charge is -2.30. The summed E-state index contributed by atoms with van der Waals surface area (Å²) in [6.45, 7) is 8.80. The Morgan fingerprint density at radius 2 is 0.878 bits per heavy atom. The average molecular weight is 652 g/mol. The van der Waals surface area contributed by atoms with E-state index in [2.05, 4.69) is 27.9 Å². The molecule has 1 atom stereocenters. The Kier molecular flexibility index (Phi) is 36.8. The van der Waals surface area contributed by atoms with E-state index in [1.807, 2.05) is 0 Å². The van der Waals surface area contributed by atoms with E-state index in [1.54, 1.807) is 0 Å². The average Bonchev–Trinajstić information content (AvgIpc) is 2.94. The van der Waals surface area contributed by atoms with Crippen LogP contribution in [0.1, 0.15) is 168 Å². The van der Waals surface area contributed by atoms with E-state index in [4.69, 9.17) is 20.0 Å². The summed E-state index contributed by atoms with van der Waals surface area (Å²) in [5, 5.41) is 0. The molecule has 5 nitrogen and oxygen atoms in total. The lowest BCUT2D eigenvalue weighted by molar-refractivity contribution is -1.08. The summed E-state index contributed by atoms with van der Waals surface area (Å²) in [4.78, 5) is 5.93. The van der Waals surface area contributed by atoms with Crippen LogP contribution in [-0.4, -0.2) is 64.4 Å². The number of hydrogen-bond donors (Lipinski definition) is 1. The molecule has 0 bridgehead atoms. The molecule has 0 aromatic carbocycles. The highest BCUT2D eigenvalue weighted by Gasteiger charge is 2.24. The lowest BCUT2D eigenvalue weighted by Crippen LogP contribution is -3.00. The highest BCUT2D eigenvalue weighted by molar-refractivity contribution is 4.57. The van der Waals surface area contributed by atoms with Crippen LogP contribution in [0.3, 0.4) is 0 Å². The predicted octanol–water partition coefficient (Wildman–Crippen LogP) is 6.76. The lowest BCUT2D eigenvalue weighted by atomic mass is 10.1. The zero-order valence-electron chi connectivity index (χ0n) is 28.4. The first kappa shape index (κ1) is 43.4. The van der Waals surface area contributed by atoms with Gasteiger partial charge in [0.05, 0.1) is 20.7 Å². The van der Waals surface area contributed by atoms with Crippen molar-refractivity contribution in [3.63, 3.8) is 0 Å². The molecule has 0 aromatic heterocycles. The van der Waals surface area contributed by atoms with Gasteiger partial charge in [-0.15, -0.1) is 0 Å². The summed E-state index contributed by atoms with van der Waals surface area (Å²) in [5.74, 6) is 0. The summed E-state index contributed by atoms with van der Waals surface area (Å²) in [6, 6.07) is 0. The van der Waals surface area contributed by atoms with E-state index in [1.165, 1.54) is 141 Å². The Morgan fingerprint density at radius 3 is 1.27 bits per heavy atom. The third-order valence-corrected chi connectivity index (χ3v) is 8.00. The SMILES string of the molecule is CCCCCCCCCCCCCCOCC(C[N+](C)(C)OCCN)OCCCCCCCCCCCCCC.[Br-]. The quantitative estimate of drug-likeness (QED) is 0.0475. The first-order valence-corrected chi connectivity index (χ1v) is 17.9. The fraction of sp³-hybridized carbons (Fsp3) is 1.00. The van der Waals surface area contributed by atoms with E-state index in [0.29, 0.717) is 24.4 Å². The van der Waals surface area contributed by atoms with Crippen LogP contribution in [0.4, 0.5) is 0 Å². The highest BCUT2D eigenvalue weighted by Crippen LogP contribution is 2.14. The molecular formula is C35H75BrN2O3. The number of halogens is 1. The molecule has 0 amide bonds. The van der Waals surface area contributed by atoms with Crippen LogP contribution < -0.4 is 22.7 Å². The van der Waals surface area contributed by atoms with Crippen LogP contribution in [0.5, 0.6) is 0 Å². The molecule has 0 heterocycles. The molecule has 0 spiro atoms. The van der Waals surface area contributed by atoms with E-state index in [9.17, 15) is 0 Å². The minimum atomic E-state index is 0. The van der Waals surface area contributed by atoms with Crippen molar-refractivity contribution in [3.05, 3.63) is 0 Å². The standard InChI is InChI=1S/C35H75N2O3.BrH/c1-5-7-9-11-13-15-17-19-21-23-25-27-30-38-34-35(33-37(3,4)40-32-29-36)39-31-28-26-24-22-20-18-16-14-12-10-8-6-2;/h35H,5-34,36H2,1-4H3;1H/q+1;/p-1. The van der Waals surface area contributed by atoms with Crippen molar-refractivity contribution < 1.29 is 35.9 Å². The molecule has 1 unspecified atom stereocenters. The van der Waals surface area contributed by atoms with Crippen LogP contribution in [0.2, 0.25) is 0 Å². The van der Waals surface area contributed by atoms with Gasteiger partial charge in [-0.1, -0.05) is 155 Å². The Bertz CT molecular complexity index is 482. The Labute approximate surface area is 268 Å². The van der Waals surface area contributed by atoms with Gasteiger partial charge in [0, 0.05) is 19.8 Å². The van der Waals surface area contributed by atoms with Crippen molar-refractivity contribution in [2.24, 2.45) is 5.73 Å². The number of ether oxygens (including phenoxy) is 2. The maximum Gasteiger partial charge on any atom is 0.137 e. The molecule has 0 fully saturated rings. The molecule has 0 aromatic rings. The molecule has 0 saturated heterocycles. The number of hydrogen-bond acceptors (Lipinski definition) is 4. The monoisotopic (exact) mass is 650 g/mol. The number of hydroxylamine groups is 3.